The first-order chi connectivity index (χ1) is 14.9. The Labute approximate surface area is 188 Å². The second-order valence-electron chi connectivity index (χ2n) is 6.82. The third-order valence-corrected chi connectivity index (χ3v) is 8.44. The predicted octanol–water partition coefficient (Wildman–Crippen LogP) is 0.129. The maximum absolute atomic E-state index is 14.2. The van der Waals surface area contributed by atoms with Crippen LogP contribution in [-0.2, 0) is 36.3 Å². The van der Waals surface area contributed by atoms with Crippen molar-refractivity contribution < 1.29 is 60.3 Å². The molecule has 0 saturated carbocycles. The quantitative estimate of drug-likeness (QED) is 0.188. The van der Waals surface area contributed by atoms with E-state index in [1.807, 2.05) is 4.98 Å². The first-order valence-electron chi connectivity index (χ1n) is 8.43. The van der Waals surface area contributed by atoms with Crippen LogP contribution in [0, 0.1) is 0 Å². The fraction of sp³-hybridized carbons (Fsp3) is 0.667. The zero-order valence-electron chi connectivity index (χ0n) is 16.6. The lowest BCUT2D eigenvalue weighted by Gasteiger charge is -2.33. The molecule has 0 amide bonds. The molecule has 16 nitrogen and oxygen atoms in total. The van der Waals surface area contributed by atoms with E-state index in [0.717, 1.165) is 23.9 Å². The van der Waals surface area contributed by atoms with Gasteiger partial charge in [-0.05, 0) is 6.92 Å². The Bertz CT molecular complexity index is 1130. The van der Waals surface area contributed by atoms with Gasteiger partial charge in [0.2, 0.25) is 0 Å². The number of ether oxygens (including phenoxy) is 2. The minimum absolute atomic E-state index is 0.752. The van der Waals surface area contributed by atoms with E-state index in [9.17, 15) is 37.5 Å². The van der Waals surface area contributed by atoms with Crippen molar-refractivity contribution in [3.8, 4) is 0 Å². The third kappa shape index (κ3) is 6.67. The summed E-state index contributed by atoms with van der Waals surface area (Å²) in [5, 5.41) is 0. The van der Waals surface area contributed by atoms with Crippen LogP contribution in [0.2, 0.25) is 0 Å². The molecule has 0 spiro atoms. The Balaban J connectivity index is 2.34. The van der Waals surface area contributed by atoms with Crippen LogP contribution in [0.5, 0.6) is 0 Å². The molecule has 0 bridgehead atoms. The molecular formula is C12H19ClFN2O14P3. The number of methoxy groups -OCH3 is 1. The van der Waals surface area contributed by atoms with Gasteiger partial charge in [-0.2, -0.15) is 8.62 Å². The maximum Gasteiger partial charge on any atom is 0.490 e. The first-order valence-corrected chi connectivity index (χ1v) is 13.3. The summed E-state index contributed by atoms with van der Waals surface area (Å²) < 4.78 is 71.5. The monoisotopic (exact) mass is 562 g/mol. The van der Waals surface area contributed by atoms with Gasteiger partial charge in [0.25, 0.3) is 5.56 Å². The predicted molar refractivity (Wildman–Crippen MR) is 105 cm³/mol. The summed E-state index contributed by atoms with van der Waals surface area (Å²) in [5.41, 5.74) is -4.05. The van der Waals surface area contributed by atoms with Crippen LogP contribution in [0.4, 0.5) is 4.39 Å². The number of hydrogen-bond donors (Lipinski definition) is 5. The van der Waals surface area contributed by atoms with Gasteiger partial charge in [0, 0.05) is 19.4 Å². The highest BCUT2D eigenvalue weighted by molar-refractivity contribution is 7.66. The highest BCUT2D eigenvalue weighted by Crippen LogP contribution is 2.66. The minimum Gasteiger partial charge on any atom is -0.376 e. The molecule has 6 atom stereocenters. The Morgan fingerprint density at radius 3 is 2.30 bits per heavy atom. The molecular weight excluding hydrogens is 544 g/mol. The molecule has 0 aromatic carbocycles. The van der Waals surface area contributed by atoms with Gasteiger partial charge in [0.1, 0.15) is 17.7 Å². The van der Waals surface area contributed by atoms with Gasteiger partial charge >= 0.3 is 29.2 Å². The number of aromatic nitrogens is 2. The summed E-state index contributed by atoms with van der Waals surface area (Å²) in [7, 11) is -16.0. The largest absolute Gasteiger partial charge is 0.490 e. The Hall–Kier alpha value is -0.770. The molecule has 0 radical (unpaired) electrons. The molecule has 1 saturated heterocycles. The summed E-state index contributed by atoms with van der Waals surface area (Å²) in [6, 6.07) is 0.945. The van der Waals surface area contributed by atoms with Crippen LogP contribution in [0.25, 0.3) is 0 Å². The van der Waals surface area contributed by atoms with Crippen molar-refractivity contribution in [1.82, 2.24) is 9.55 Å². The number of phosphoric acid groups is 3. The number of rotatable bonds is 10. The molecule has 21 heteroatoms. The van der Waals surface area contributed by atoms with E-state index in [-0.39, 0.29) is 0 Å². The lowest BCUT2D eigenvalue weighted by Crippen LogP contribution is -2.52. The number of halogens is 2. The Morgan fingerprint density at radius 1 is 1.21 bits per heavy atom. The molecule has 5 N–H and O–H groups in total. The molecule has 1 aromatic rings. The second-order valence-corrected chi connectivity index (χ2v) is 12.1. The molecule has 1 fully saturated rings. The average molecular weight is 563 g/mol. The van der Waals surface area contributed by atoms with Crippen LogP contribution in [-0.4, -0.2) is 66.1 Å². The van der Waals surface area contributed by atoms with Gasteiger partial charge < -0.3 is 29.0 Å². The van der Waals surface area contributed by atoms with Crippen LogP contribution in [0.15, 0.2) is 21.9 Å². The summed E-state index contributed by atoms with van der Waals surface area (Å²) in [4.78, 5) is 59.6. The van der Waals surface area contributed by atoms with Crippen molar-refractivity contribution in [2.75, 3.05) is 20.4 Å². The molecule has 33 heavy (non-hydrogen) atoms. The lowest BCUT2D eigenvalue weighted by molar-refractivity contribution is -0.141. The van der Waals surface area contributed by atoms with Gasteiger partial charge in [0.05, 0.1) is 6.61 Å². The molecule has 1 aliphatic heterocycles. The molecule has 2 heterocycles. The number of aromatic amines is 1. The standard InChI is InChI=1S/C12H19ClFN2O14P3/c1-11(13)8(26-2)12(5-14,28-9(11)16-4-3-7(17)15-10(16)18)6-27-32(22,23)30-33(24,25)29-31(19,20)21/h3-4,8-9H,5-6H2,1-2H3,(H,22,23)(H,24,25)(H,15,17,18)(H2,19,20,21). The summed E-state index contributed by atoms with van der Waals surface area (Å²) in [6.45, 7) is -1.46. The van der Waals surface area contributed by atoms with Gasteiger partial charge in [-0.3, -0.25) is 18.9 Å². The number of phosphoric ester groups is 1. The van der Waals surface area contributed by atoms with Crippen LogP contribution in [0.3, 0.4) is 0 Å². The van der Waals surface area contributed by atoms with E-state index >= 15 is 0 Å². The Morgan fingerprint density at radius 2 is 1.82 bits per heavy atom. The highest BCUT2D eigenvalue weighted by Gasteiger charge is 2.64. The van der Waals surface area contributed by atoms with E-state index < -0.39 is 70.8 Å². The maximum atomic E-state index is 14.2. The molecule has 2 rings (SSSR count). The number of hydrogen-bond acceptors (Lipinski definition) is 10. The summed E-state index contributed by atoms with van der Waals surface area (Å²) in [5.74, 6) is 0. The van der Waals surface area contributed by atoms with Crippen molar-refractivity contribution in [1.29, 1.82) is 0 Å². The third-order valence-electron chi connectivity index (χ3n) is 4.27. The van der Waals surface area contributed by atoms with E-state index in [1.54, 1.807) is 0 Å². The normalized spacial score (nSPS) is 31.8. The summed E-state index contributed by atoms with van der Waals surface area (Å²) in [6.07, 6.45) is -2.02. The zero-order chi connectivity index (χ0) is 25.5. The SMILES string of the molecule is COC1C(CF)(COP(=O)(O)OP(=O)(O)OP(=O)(O)O)OC(n2ccc(=O)[nH]c2=O)C1(C)Cl. The minimum atomic E-state index is -5.82. The number of alkyl halides is 2. The Kier molecular flexibility index (Phi) is 8.37. The van der Waals surface area contributed by atoms with Crippen LogP contribution < -0.4 is 11.2 Å². The smallest absolute Gasteiger partial charge is 0.376 e. The van der Waals surface area contributed by atoms with Crippen molar-refractivity contribution in [2.45, 2.75) is 29.7 Å². The zero-order valence-corrected chi connectivity index (χ0v) is 20.1. The van der Waals surface area contributed by atoms with E-state index in [0.29, 0.717) is 0 Å². The summed E-state index contributed by atoms with van der Waals surface area (Å²) >= 11 is 6.46. The molecule has 0 aliphatic carbocycles. The first kappa shape index (κ1) is 28.5. The van der Waals surface area contributed by atoms with E-state index in [2.05, 4.69) is 13.1 Å². The molecule has 190 valence electrons. The van der Waals surface area contributed by atoms with Gasteiger partial charge in [-0.1, -0.05) is 0 Å². The van der Waals surface area contributed by atoms with Crippen molar-refractivity contribution >= 4 is 35.1 Å². The molecule has 1 aromatic heterocycles. The molecule has 6 unspecified atom stereocenters. The topological polar surface area (TPSA) is 233 Å². The van der Waals surface area contributed by atoms with E-state index in [4.69, 9.17) is 30.9 Å². The van der Waals surface area contributed by atoms with Crippen molar-refractivity contribution in [3.05, 3.63) is 33.1 Å². The van der Waals surface area contributed by atoms with Crippen LogP contribution in [0.1, 0.15) is 13.2 Å². The van der Waals surface area contributed by atoms with Crippen molar-refractivity contribution in [3.63, 3.8) is 0 Å². The van der Waals surface area contributed by atoms with Crippen molar-refractivity contribution in [2.24, 2.45) is 0 Å². The average Bonchev–Trinajstić information content (AvgIpc) is 2.84. The fourth-order valence-corrected chi connectivity index (χ4v) is 6.69. The second kappa shape index (κ2) is 9.70. The van der Waals surface area contributed by atoms with Gasteiger partial charge in [-0.25, -0.2) is 22.9 Å². The highest BCUT2D eigenvalue weighted by atomic mass is 35.5. The lowest BCUT2D eigenvalue weighted by atomic mass is 9.91. The van der Waals surface area contributed by atoms with Crippen LogP contribution >= 0.6 is 35.1 Å². The number of H-pyrrole nitrogens is 1. The van der Waals surface area contributed by atoms with Gasteiger partial charge in [-0.15, -0.1) is 11.6 Å². The van der Waals surface area contributed by atoms with Gasteiger partial charge in [0.15, 0.2) is 11.8 Å². The molecule has 1 aliphatic rings. The number of nitrogens with one attached hydrogen (secondary N) is 1. The fourth-order valence-electron chi connectivity index (χ4n) is 3.17. The number of nitrogens with zero attached hydrogens (tertiary/aromatic N) is 1. The van der Waals surface area contributed by atoms with E-state index in [1.165, 1.54) is 6.92 Å².